The molecule has 1 aromatic carbocycles. The Kier molecular flexibility index (Phi) is 2.88. The first-order valence-electron chi connectivity index (χ1n) is 5.66. The smallest absolute Gasteiger partial charge is 0.345 e. The van der Waals surface area contributed by atoms with Crippen LogP contribution in [0, 0.1) is 0 Å². The van der Waals surface area contributed by atoms with Crippen molar-refractivity contribution in [1.82, 2.24) is 0 Å². The first kappa shape index (κ1) is 13.2. The number of benzene rings is 1. The molecule has 0 bridgehead atoms. The summed E-state index contributed by atoms with van der Waals surface area (Å²) in [4.78, 5) is 23.5. The number of esters is 1. The molecule has 0 unspecified atom stereocenters. The number of phenols is 2. The maximum atomic E-state index is 12.0. The predicted molar refractivity (Wildman–Crippen MR) is 64.8 cm³/mol. The highest BCUT2D eigenvalue weighted by Crippen LogP contribution is 2.43. The van der Waals surface area contributed by atoms with Gasteiger partial charge in [0, 0.05) is 6.07 Å². The topological polar surface area (TPSA) is 93.1 Å². The van der Waals surface area contributed by atoms with Gasteiger partial charge in [-0.2, -0.15) is 0 Å². The van der Waals surface area contributed by atoms with E-state index in [1.54, 1.807) is 13.8 Å². The van der Waals surface area contributed by atoms with E-state index in [4.69, 9.17) is 4.74 Å². The molecule has 0 fully saturated rings. The summed E-state index contributed by atoms with van der Waals surface area (Å²) < 4.78 is 9.98. The van der Waals surface area contributed by atoms with Gasteiger partial charge in [0.25, 0.3) is 0 Å². The molecule has 0 aromatic heterocycles. The van der Waals surface area contributed by atoms with Crippen LogP contribution in [-0.2, 0) is 4.74 Å². The Balaban J connectivity index is 2.67. The van der Waals surface area contributed by atoms with E-state index in [9.17, 15) is 19.8 Å². The third kappa shape index (κ3) is 2.09. The van der Waals surface area contributed by atoms with Gasteiger partial charge < -0.3 is 19.7 Å². The van der Waals surface area contributed by atoms with Crippen LogP contribution in [0.15, 0.2) is 6.07 Å². The molecule has 0 aliphatic carbocycles. The fraction of sp³-hybridized carbons (Fsp3) is 0.385. The number of ether oxygens (including phenoxy) is 2. The summed E-state index contributed by atoms with van der Waals surface area (Å²) in [7, 11) is 1.11. The number of hydrogen-bond donors (Lipinski definition) is 2. The summed E-state index contributed by atoms with van der Waals surface area (Å²) in [6.45, 7) is 3.44. The standard InChI is InChI=1S/C13H14O6/c1-13(2)5-7(15)9-8(19-13)4-6(14)10(11(9)16)12(17)18-3/h4,14,16H,5H2,1-3H3. The number of fused-ring (bicyclic) bond motifs is 1. The molecule has 1 aliphatic rings. The molecule has 0 atom stereocenters. The molecule has 0 radical (unpaired) electrons. The van der Waals surface area contributed by atoms with E-state index in [0.29, 0.717) is 0 Å². The number of carbonyl (C=O) groups excluding carboxylic acids is 2. The predicted octanol–water partition coefficient (Wildman–Crippen LogP) is 1.63. The minimum absolute atomic E-state index is 0.0592. The molecule has 0 saturated heterocycles. The Morgan fingerprint density at radius 2 is 2.05 bits per heavy atom. The van der Waals surface area contributed by atoms with Gasteiger partial charge in [-0.1, -0.05) is 0 Å². The Hall–Kier alpha value is -2.24. The Bertz CT molecular complexity index is 573. The van der Waals surface area contributed by atoms with E-state index < -0.39 is 28.6 Å². The fourth-order valence-electron chi connectivity index (χ4n) is 2.09. The van der Waals surface area contributed by atoms with Gasteiger partial charge in [0.15, 0.2) is 5.78 Å². The lowest BCUT2D eigenvalue weighted by molar-refractivity contribution is 0.0587. The van der Waals surface area contributed by atoms with Gasteiger partial charge in [0.2, 0.25) is 0 Å². The zero-order valence-corrected chi connectivity index (χ0v) is 10.8. The van der Waals surface area contributed by atoms with Gasteiger partial charge >= 0.3 is 5.97 Å². The second-order valence-electron chi connectivity index (χ2n) is 4.95. The molecule has 1 aliphatic heterocycles. The zero-order chi connectivity index (χ0) is 14.4. The minimum atomic E-state index is -0.921. The maximum Gasteiger partial charge on any atom is 0.345 e. The highest BCUT2D eigenvalue weighted by molar-refractivity contribution is 6.07. The molecule has 6 nitrogen and oxygen atoms in total. The second kappa shape index (κ2) is 4.15. The van der Waals surface area contributed by atoms with Crippen LogP contribution < -0.4 is 4.74 Å². The van der Waals surface area contributed by atoms with E-state index in [-0.39, 0.29) is 23.5 Å². The van der Waals surface area contributed by atoms with Crippen LogP contribution in [0.5, 0.6) is 17.2 Å². The largest absolute Gasteiger partial charge is 0.507 e. The van der Waals surface area contributed by atoms with Crippen LogP contribution in [0.2, 0.25) is 0 Å². The summed E-state index contributed by atoms with van der Waals surface area (Å²) >= 11 is 0. The van der Waals surface area contributed by atoms with E-state index in [1.165, 1.54) is 0 Å². The van der Waals surface area contributed by atoms with Crippen molar-refractivity contribution in [2.75, 3.05) is 7.11 Å². The first-order valence-corrected chi connectivity index (χ1v) is 5.66. The lowest BCUT2D eigenvalue weighted by Gasteiger charge is -2.32. The summed E-state index contributed by atoms with van der Waals surface area (Å²) in [6.07, 6.45) is 0.0684. The molecule has 1 heterocycles. The van der Waals surface area contributed by atoms with Gasteiger partial charge in [0.05, 0.1) is 13.5 Å². The van der Waals surface area contributed by atoms with Crippen LogP contribution in [0.3, 0.4) is 0 Å². The maximum absolute atomic E-state index is 12.0. The third-order valence-electron chi connectivity index (χ3n) is 2.88. The van der Waals surface area contributed by atoms with Crippen LogP contribution in [0.4, 0.5) is 0 Å². The van der Waals surface area contributed by atoms with Crippen molar-refractivity contribution in [3.63, 3.8) is 0 Å². The Morgan fingerprint density at radius 1 is 1.42 bits per heavy atom. The van der Waals surface area contributed by atoms with Crippen molar-refractivity contribution >= 4 is 11.8 Å². The van der Waals surface area contributed by atoms with E-state index in [2.05, 4.69) is 4.74 Å². The number of hydrogen-bond acceptors (Lipinski definition) is 6. The molecule has 2 N–H and O–H groups in total. The number of phenolic OH excluding ortho intramolecular Hbond substituents is 2. The van der Waals surface area contributed by atoms with Gasteiger partial charge in [-0.3, -0.25) is 4.79 Å². The molecular weight excluding hydrogens is 252 g/mol. The number of carbonyl (C=O) groups is 2. The lowest BCUT2D eigenvalue weighted by Crippen LogP contribution is -2.36. The SMILES string of the molecule is COC(=O)c1c(O)cc2c(c1O)C(=O)CC(C)(C)O2. The van der Waals surface area contributed by atoms with Crippen LogP contribution >= 0.6 is 0 Å². The molecule has 0 saturated carbocycles. The van der Waals surface area contributed by atoms with E-state index in [0.717, 1.165) is 13.2 Å². The molecular formula is C13H14O6. The summed E-state index contributed by atoms with van der Waals surface area (Å²) in [5.74, 6) is -2.32. The average Bonchev–Trinajstić information content (AvgIpc) is 2.25. The van der Waals surface area contributed by atoms with Gasteiger partial charge in [-0.15, -0.1) is 0 Å². The summed E-state index contributed by atoms with van der Waals surface area (Å²) in [6, 6.07) is 1.14. The van der Waals surface area contributed by atoms with Crippen molar-refractivity contribution in [3.8, 4) is 17.2 Å². The van der Waals surface area contributed by atoms with Crippen LogP contribution in [-0.4, -0.2) is 34.7 Å². The molecule has 2 rings (SSSR count). The molecule has 0 amide bonds. The quantitative estimate of drug-likeness (QED) is 0.750. The highest BCUT2D eigenvalue weighted by Gasteiger charge is 2.37. The Labute approximate surface area is 109 Å². The first-order chi connectivity index (χ1) is 8.76. The molecule has 1 aromatic rings. The lowest BCUT2D eigenvalue weighted by atomic mass is 9.91. The molecule has 102 valence electrons. The van der Waals surface area contributed by atoms with Crippen molar-refractivity contribution in [2.24, 2.45) is 0 Å². The number of ketones is 1. The second-order valence-corrected chi connectivity index (χ2v) is 4.95. The number of Topliss-reactive ketones (excluding diaryl/α,β-unsaturated/α-hetero) is 1. The van der Waals surface area contributed by atoms with Gasteiger partial charge in [-0.05, 0) is 13.8 Å². The summed E-state index contributed by atoms with van der Waals surface area (Å²) in [5, 5.41) is 19.7. The zero-order valence-electron chi connectivity index (χ0n) is 10.8. The van der Waals surface area contributed by atoms with Crippen molar-refractivity contribution in [1.29, 1.82) is 0 Å². The summed E-state index contributed by atoms with van der Waals surface area (Å²) in [5.41, 5.74) is -1.26. The molecule has 19 heavy (non-hydrogen) atoms. The van der Waals surface area contributed by atoms with Crippen LogP contribution in [0.1, 0.15) is 41.0 Å². The van der Waals surface area contributed by atoms with E-state index in [1.807, 2.05) is 0 Å². The van der Waals surface area contributed by atoms with Gasteiger partial charge in [-0.25, -0.2) is 4.79 Å². The number of methoxy groups -OCH3 is 1. The van der Waals surface area contributed by atoms with Crippen LogP contribution in [0.25, 0.3) is 0 Å². The van der Waals surface area contributed by atoms with Crippen molar-refractivity contribution < 1.29 is 29.3 Å². The monoisotopic (exact) mass is 266 g/mol. The van der Waals surface area contributed by atoms with E-state index >= 15 is 0 Å². The van der Waals surface area contributed by atoms with Crippen molar-refractivity contribution in [3.05, 3.63) is 17.2 Å². The number of rotatable bonds is 1. The highest BCUT2D eigenvalue weighted by atomic mass is 16.5. The number of aromatic hydroxyl groups is 2. The van der Waals surface area contributed by atoms with Crippen molar-refractivity contribution in [2.45, 2.75) is 25.9 Å². The molecule has 6 heteroatoms. The average molecular weight is 266 g/mol. The third-order valence-corrected chi connectivity index (χ3v) is 2.88. The minimum Gasteiger partial charge on any atom is -0.507 e. The van der Waals surface area contributed by atoms with Gasteiger partial charge in [0.1, 0.15) is 34.0 Å². The normalized spacial score (nSPS) is 16.5. The molecule has 0 spiro atoms. The fourth-order valence-corrected chi connectivity index (χ4v) is 2.09. The Morgan fingerprint density at radius 3 is 2.63 bits per heavy atom.